The number of hydrogen-bond donors (Lipinski definition) is 2. The highest BCUT2D eigenvalue weighted by Gasteiger charge is 2.16. The Bertz CT molecular complexity index is 607. The molecule has 0 radical (unpaired) electrons. The average Bonchev–Trinajstić information content (AvgIpc) is 2.91. The van der Waals surface area contributed by atoms with Gasteiger partial charge < -0.3 is 25.3 Å². The minimum absolute atomic E-state index is 0.187. The van der Waals surface area contributed by atoms with Crippen molar-refractivity contribution in [3.63, 3.8) is 0 Å². The summed E-state index contributed by atoms with van der Waals surface area (Å²) >= 11 is 0. The molecule has 1 saturated heterocycles. The van der Waals surface area contributed by atoms with Crippen LogP contribution in [0.25, 0.3) is 0 Å². The summed E-state index contributed by atoms with van der Waals surface area (Å²) in [6.45, 7) is 3.27. The van der Waals surface area contributed by atoms with Gasteiger partial charge in [-0.25, -0.2) is 0 Å². The second-order valence-corrected chi connectivity index (χ2v) is 4.63. The van der Waals surface area contributed by atoms with Crippen LogP contribution >= 0.6 is 0 Å². The average molecular weight is 291 g/mol. The van der Waals surface area contributed by atoms with Gasteiger partial charge in [0.05, 0.1) is 19.8 Å². The van der Waals surface area contributed by atoms with E-state index in [1.807, 2.05) is 16.5 Å². The summed E-state index contributed by atoms with van der Waals surface area (Å²) in [5, 5.41) is 10.9. The molecule has 1 aliphatic heterocycles. The first kappa shape index (κ1) is 13.5. The van der Waals surface area contributed by atoms with Crippen molar-refractivity contribution < 1.29 is 4.74 Å². The molecule has 0 saturated carbocycles. The molecule has 10 heteroatoms. The molecule has 0 aromatic carbocycles. The number of morpholine rings is 1. The van der Waals surface area contributed by atoms with E-state index in [2.05, 4.69) is 30.5 Å². The fourth-order valence-electron chi connectivity index (χ4n) is 1.99. The topological polar surface area (TPSA) is 120 Å². The Morgan fingerprint density at radius 3 is 2.81 bits per heavy atom. The standard InChI is InChI=1S/C11H17N9O/c1-19-7-14-18-8(19)6-13-10-15-9(12)16-11(17-10)20-2-4-21-5-3-20/h7H,2-6H2,1H3,(H3,12,13,15,16,17). The van der Waals surface area contributed by atoms with E-state index in [1.54, 1.807) is 6.33 Å². The molecule has 0 bridgehead atoms. The van der Waals surface area contributed by atoms with Crippen molar-refractivity contribution in [1.29, 1.82) is 0 Å². The van der Waals surface area contributed by atoms with E-state index in [-0.39, 0.29) is 5.95 Å². The van der Waals surface area contributed by atoms with Gasteiger partial charge in [0.2, 0.25) is 17.8 Å². The van der Waals surface area contributed by atoms with Crippen LogP contribution < -0.4 is 16.0 Å². The normalized spacial score (nSPS) is 15.2. The number of anilines is 3. The van der Waals surface area contributed by atoms with E-state index < -0.39 is 0 Å². The Balaban J connectivity index is 1.73. The van der Waals surface area contributed by atoms with E-state index in [4.69, 9.17) is 10.5 Å². The summed E-state index contributed by atoms with van der Waals surface area (Å²) in [5.41, 5.74) is 5.75. The minimum atomic E-state index is 0.187. The Morgan fingerprint density at radius 2 is 2.10 bits per heavy atom. The van der Waals surface area contributed by atoms with Crippen molar-refractivity contribution >= 4 is 17.8 Å². The minimum Gasteiger partial charge on any atom is -0.378 e. The molecule has 112 valence electrons. The first-order valence-corrected chi connectivity index (χ1v) is 6.63. The highest BCUT2D eigenvalue weighted by Crippen LogP contribution is 2.13. The molecule has 0 unspecified atom stereocenters. The molecule has 0 atom stereocenters. The Kier molecular flexibility index (Phi) is 3.77. The summed E-state index contributed by atoms with van der Waals surface area (Å²) in [6, 6.07) is 0. The second-order valence-electron chi connectivity index (χ2n) is 4.63. The van der Waals surface area contributed by atoms with Gasteiger partial charge in [-0.2, -0.15) is 15.0 Å². The highest BCUT2D eigenvalue weighted by atomic mass is 16.5. The van der Waals surface area contributed by atoms with Gasteiger partial charge in [0.15, 0.2) is 5.82 Å². The number of ether oxygens (including phenoxy) is 1. The van der Waals surface area contributed by atoms with E-state index in [0.717, 1.165) is 18.9 Å². The Hall–Kier alpha value is -2.49. The summed E-state index contributed by atoms with van der Waals surface area (Å²) in [5.74, 6) is 1.95. The first-order chi connectivity index (χ1) is 10.2. The predicted octanol–water partition coefficient (Wildman–Crippen LogP) is -0.969. The number of nitrogens with two attached hydrogens (primary N) is 1. The lowest BCUT2D eigenvalue weighted by molar-refractivity contribution is 0.122. The third kappa shape index (κ3) is 3.16. The smallest absolute Gasteiger partial charge is 0.232 e. The maximum absolute atomic E-state index is 5.75. The number of aromatic nitrogens is 6. The summed E-state index contributed by atoms with van der Waals surface area (Å²) < 4.78 is 7.13. The number of rotatable bonds is 4. The third-order valence-electron chi connectivity index (χ3n) is 3.14. The molecule has 3 N–H and O–H groups in total. The summed E-state index contributed by atoms with van der Waals surface area (Å²) in [4.78, 5) is 14.7. The van der Waals surface area contributed by atoms with Gasteiger partial charge in [0.25, 0.3) is 0 Å². The van der Waals surface area contributed by atoms with Crippen molar-refractivity contribution in [1.82, 2.24) is 29.7 Å². The third-order valence-corrected chi connectivity index (χ3v) is 3.14. The number of nitrogens with zero attached hydrogens (tertiary/aromatic N) is 7. The van der Waals surface area contributed by atoms with Crippen molar-refractivity contribution in [2.45, 2.75) is 6.54 Å². The zero-order valence-electron chi connectivity index (χ0n) is 11.7. The van der Waals surface area contributed by atoms with Crippen LogP contribution in [0.2, 0.25) is 0 Å². The first-order valence-electron chi connectivity index (χ1n) is 6.63. The molecule has 1 aliphatic rings. The molecule has 2 aromatic heterocycles. The van der Waals surface area contributed by atoms with Gasteiger partial charge >= 0.3 is 0 Å². The van der Waals surface area contributed by atoms with E-state index >= 15 is 0 Å². The zero-order chi connectivity index (χ0) is 14.7. The monoisotopic (exact) mass is 291 g/mol. The van der Waals surface area contributed by atoms with Crippen LogP contribution in [0, 0.1) is 0 Å². The van der Waals surface area contributed by atoms with Gasteiger partial charge in [-0.3, -0.25) is 0 Å². The van der Waals surface area contributed by atoms with Crippen LogP contribution in [-0.4, -0.2) is 56.0 Å². The van der Waals surface area contributed by atoms with Crippen LogP contribution in [0.5, 0.6) is 0 Å². The highest BCUT2D eigenvalue weighted by molar-refractivity contribution is 5.42. The van der Waals surface area contributed by atoms with Gasteiger partial charge in [0, 0.05) is 20.1 Å². The second kappa shape index (κ2) is 5.87. The molecule has 3 rings (SSSR count). The number of nitrogens with one attached hydrogen (secondary N) is 1. The molecular weight excluding hydrogens is 274 g/mol. The molecule has 2 aromatic rings. The fourth-order valence-corrected chi connectivity index (χ4v) is 1.99. The molecule has 21 heavy (non-hydrogen) atoms. The van der Waals surface area contributed by atoms with Gasteiger partial charge in [-0.1, -0.05) is 0 Å². The lowest BCUT2D eigenvalue weighted by Gasteiger charge is -2.26. The maximum atomic E-state index is 5.75. The van der Waals surface area contributed by atoms with Gasteiger partial charge in [-0.05, 0) is 0 Å². The number of aryl methyl sites for hydroxylation is 1. The van der Waals surface area contributed by atoms with E-state index in [0.29, 0.717) is 31.7 Å². The lowest BCUT2D eigenvalue weighted by Crippen LogP contribution is -2.37. The quantitative estimate of drug-likeness (QED) is 0.733. The van der Waals surface area contributed by atoms with Crippen molar-refractivity contribution in [2.75, 3.05) is 42.3 Å². The summed E-state index contributed by atoms with van der Waals surface area (Å²) in [6.07, 6.45) is 1.64. The van der Waals surface area contributed by atoms with Crippen LogP contribution in [0.1, 0.15) is 5.82 Å². The predicted molar refractivity (Wildman–Crippen MR) is 75.6 cm³/mol. The Morgan fingerprint density at radius 1 is 1.29 bits per heavy atom. The van der Waals surface area contributed by atoms with Crippen molar-refractivity contribution in [3.05, 3.63) is 12.2 Å². The Labute approximate surface area is 121 Å². The van der Waals surface area contributed by atoms with E-state index in [1.165, 1.54) is 0 Å². The van der Waals surface area contributed by atoms with Crippen molar-refractivity contribution in [3.8, 4) is 0 Å². The molecule has 1 fully saturated rings. The largest absolute Gasteiger partial charge is 0.378 e. The molecule has 3 heterocycles. The fraction of sp³-hybridized carbons (Fsp3) is 0.545. The van der Waals surface area contributed by atoms with E-state index in [9.17, 15) is 0 Å². The zero-order valence-corrected chi connectivity index (χ0v) is 11.7. The molecule has 0 spiro atoms. The van der Waals surface area contributed by atoms with Crippen LogP contribution in [0.15, 0.2) is 6.33 Å². The van der Waals surface area contributed by atoms with Crippen LogP contribution in [-0.2, 0) is 18.3 Å². The van der Waals surface area contributed by atoms with Crippen LogP contribution in [0.3, 0.4) is 0 Å². The number of nitrogen functional groups attached to an aromatic ring is 1. The lowest BCUT2D eigenvalue weighted by atomic mass is 10.4. The molecule has 10 nitrogen and oxygen atoms in total. The molecular formula is C11H17N9O. The molecule has 0 amide bonds. The summed E-state index contributed by atoms with van der Waals surface area (Å²) in [7, 11) is 1.87. The van der Waals surface area contributed by atoms with Crippen LogP contribution in [0.4, 0.5) is 17.8 Å². The van der Waals surface area contributed by atoms with Crippen molar-refractivity contribution in [2.24, 2.45) is 7.05 Å². The van der Waals surface area contributed by atoms with Gasteiger partial charge in [0.1, 0.15) is 6.33 Å². The molecule has 0 aliphatic carbocycles. The maximum Gasteiger partial charge on any atom is 0.232 e. The van der Waals surface area contributed by atoms with Gasteiger partial charge in [-0.15, -0.1) is 10.2 Å². The SMILES string of the molecule is Cn1cnnc1CNc1nc(N)nc(N2CCOCC2)n1. The number of hydrogen-bond acceptors (Lipinski definition) is 9.